The summed E-state index contributed by atoms with van der Waals surface area (Å²) >= 11 is 1.96. The molecule has 0 bridgehead atoms. The van der Waals surface area contributed by atoms with Gasteiger partial charge in [-0.25, -0.2) is 0 Å². The predicted octanol–water partition coefficient (Wildman–Crippen LogP) is 4.67. The fraction of sp³-hybridized carbons (Fsp3) is 0.500. The number of hydrogen-bond donors (Lipinski definition) is 0. The minimum absolute atomic E-state index is 0.247. The standard InChI is InChI=1S/C14H19NS/c1-9-6-7-12-13(11(9)3)16-14(4,5)8-10(2)15-12/h6-7H,8H2,1-5H3. The number of aryl methyl sites for hydroxylation is 1. The number of nitrogens with zero attached hydrogens (tertiary/aromatic N) is 1. The first-order chi connectivity index (χ1) is 7.39. The van der Waals surface area contributed by atoms with Crippen LogP contribution in [0.3, 0.4) is 0 Å². The van der Waals surface area contributed by atoms with Crippen LogP contribution < -0.4 is 0 Å². The van der Waals surface area contributed by atoms with Gasteiger partial charge in [0.1, 0.15) is 0 Å². The SMILES string of the molecule is CC1=Nc2ccc(C)c(C)c2SC(C)(C)C1. The van der Waals surface area contributed by atoms with E-state index < -0.39 is 0 Å². The average molecular weight is 233 g/mol. The molecule has 0 aliphatic carbocycles. The molecule has 0 spiro atoms. The van der Waals surface area contributed by atoms with Crippen molar-refractivity contribution in [1.29, 1.82) is 0 Å². The van der Waals surface area contributed by atoms with E-state index in [1.54, 1.807) is 0 Å². The molecule has 16 heavy (non-hydrogen) atoms. The normalized spacial score (nSPS) is 18.7. The van der Waals surface area contributed by atoms with Crippen molar-refractivity contribution >= 4 is 23.2 Å². The van der Waals surface area contributed by atoms with Gasteiger partial charge < -0.3 is 0 Å². The number of benzene rings is 1. The molecule has 2 rings (SSSR count). The maximum atomic E-state index is 4.73. The van der Waals surface area contributed by atoms with Gasteiger partial charge in [-0.05, 0) is 58.2 Å². The average Bonchev–Trinajstić information content (AvgIpc) is 2.27. The van der Waals surface area contributed by atoms with Crippen LogP contribution in [0.1, 0.15) is 38.3 Å². The van der Waals surface area contributed by atoms with Crippen molar-refractivity contribution in [2.24, 2.45) is 4.99 Å². The summed E-state index contributed by atoms with van der Waals surface area (Å²) in [4.78, 5) is 6.10. The quantitative estimate of drug-likeness (QED) is 0.634. The second-order valence-corrected chi connectivity index (χ2v) is 6.96. The zero-order chi connectivity index (χ0) is 11.9. The molecule has 0 aromatic heterocycles. The maximum absolute atomic E-state index is 4.73. The van der Waals surface area contributed by atoms with Gasteiger partial charge in [-0.15, -0.1) is 11.8 Å². The smallest absolute Gasteiger partial charge is 0.0767 e. The highest BCUT2D eigenvalue weighted by atomic mass is 32.2. The van der Waals surface area contributed by atoms with Gasteiger partial charge in [0.2, 0.25) is 0 Å². The van der Waals surface area contributed by atoms with Crippen LogP contribution in [0.25, 0.3) is 0 Å². The topological polar surface area (TPSA) is 12.4 Å². The van der Waals surface area contributed by atoms with E-state index in [1.165, 1.54) is 21.7 Å². The molecule has 2 heteroatoms. The second kappa shape index (κ2) is 3.92. The van der Waals surface area contributed by atoms with Crippen LogP contribution in [0.2, 0.25) is 0 Å². The van der Waals surface area contributed by atoms with Crippen molar-refractivity contribution in [3.05, 3.63) is 23.3 Å². The van der Waals surface area contributed by atoms with Gasteiger partial charge in [-0.3, -0.25) is 4.99 Å². The maximum Gasteiger partial charge on any atom is 0.0767 e. The molecule has 0 saturated heterocycles. The van der Waals surface area contributed by atoms with Crippen LogP contribution >= 0.6 is 11.8 Å². The fourth-order valence-electron chi connectivity index (χ4n) is 2.17. The number of aliphatic imine (C=N–C) groups is 1. The molecule has 0 N–H and O–H groups in total. The van der Waals surface area contributed by atoms with Gasteiger partial charge in [0, 0.05) is 15.4 Å². The Bertz CT molecular complexity index is 458. The molecular weight excluding hydrogens is 214 g/mol. The summed E-state index contributed by atoms with van der Waals surface area (Å²) in [6.07, 6.45) is 1.06. The van der Waals surface area contributed by atoms with Crippen molar-refractivity contribution in [3.63, 3.8) is 0 Å². The van der Waals surface area contributed by atoms with Crippen molar-refractivity contribution in [2.45, 2.75) is 50.7 Å². The highest BCUT2D eigenvalue weighted by molar-refractivity contribution is 8.00. The predicted molar refractivity (Wildman–Crippen MR) is 73.2 cm³/mol. The molecular formula is C14H19NS. The first kappa shape index (κ1) is 11.7. The van der Waals surface area contributed by atoms with E-state index >= 15 is 0 Å². The van der Waals surface area contributed by atoms with Gasteiger partial charge in [0.25, 0.3) is 0 Å². The summed E-state index contributed by atoms with van der Waals surface area (Å²) in [6.45, 7) is 11.1. The first-order valence-corrected chi connectivity index (χ1v) is 6.54. The lowest BCUT2D eigenvalue weighted by Gasteiger charge is -2.23. The summed E-state index contributed by atoms with van der Waals surface area (Å²) < 4.78 is 0.247. The summed E-state index contributed by atoms with van der Waals surface area (Å²) in [6, 6.07) is 4.32. The third kappa shape index (κ3) is 2.17. The van der Waals surface area contributed by atoms with Gasteiger partial charge in [-0.2, -0.15) is 0 Å². The Labute approximate surface area is 102 Å². The lowest BCUT2D eigenvalue weighted by Crippen LogP contribution is -2.17. The number of hydrogen-bond acceptors (Lipinski definition) is 2. The number of thioether (sulfide) groups is 1. The Morgan fingerprint density at radius 3 is 2.56 bits per heavy atom. The van der Waals surface area contributed by atoms with Gasteiger partial charge >= 0.3 is 0 Å². The monoisotopic (exact) mass is 233 g/mol. The van der Waals surface area contributed by atoms with E-state index in [1.807, 2.05) is 11.8 Å². The second-order valence-electron chi connectivity index (χ2n) is 5.24. The Morgan fingerprint density at radius 1 is 1.19 bits per heavy atom. The highest BCUT2D eigenvalue weighted by Gasteiger charge is 2.26. The molecule has 1 nitrogen and oxygen atoms in total. The van der Waals surface area contributed by atoms with E-state index in [0.29, 0.717) is 0 Å². The van der Waals surface area contributed by atoms with Crippen molar-refractivity contribution < 1.29 is 0 Å². The van der Waals surface area contributed by atoms with E-state index in [4.69, 9.17) is 4.99 Å². The van der Waals surface area contributed by atoms with Gasteiger partial charge in [-0.1, -0.05) is 6.07 Å². The Balaban J connectivity index is 2.61. The number of fused-ring (bicyclic) bond motifs is 1. The van der Waals surface area contributed by atoms with E-state index in [9.17, 15) is 0 Å². The summed E-state index contributed by atoms with van der Waals surface area (Å²) in [7, 11) is 0. The molecule has 0 fully saturated rings. The molecule has 0 saturated carbocycles. The van der Waals surface area contributed by atoms with Gasteiger partial charge in [0.15, 0.2) is 0 Å². The zero-order valence-corrected chi connectivity index (χ0v) is 11.5. The van der Waals surface area contributed by atoms with Crippen LogP contribution in [0, 0.1) is 13.8 Å². The Morgan fingerprint density at radius 2 is 1.88 bits per heavy atom. The molecule has 1 aliphatic rings. The van der Waals surface area contributed by atoms with Crippen LogP contribution in [-0.2, 0) is 0 Å². The summed E-state index contributed by atoms with van der Waals surface area (Å²) in [5.74, 6) is 0. The first-order valence-electron chi connectivity index (χ1n) is 5.72. The van der Waals surface area contributed by atoms with Crippen LogP contribution in [0.4, 0.5) is 5.69 Å². The lowest BCUT2D eigenvalue weighted by atomic mass is 10.1. The molecule has 86 valence electrons. The molecule has 1 aliphatic heterocycles. The Kier molecular flexibility index (Phi) is 2.87. The molecule has 1 aromatic carbocycles. The minimum Gasteiger partial charge on any atom is -0.257 e. The van der Waals surface area contributed by atoms with Crippen molar-refractivity contribution in [3.8, 4) is 0 Å². The third-order valence-electron chi connectivity index (χ3n) is 3.03. The van der Waals surface area contributed by atoms with Crippen LogP contribution in [0.5, 0.6) is 0 Å². The minimum atomic E-state index is 0.247. The van der Waals surface area contributed by atoms with Crippen molar-refractivity contribution in [1.82, 2.24) is 0 Å². The fourth-order valence-corrected chi connectivity index (χ4v) is 3.53. The molecule has 1 heterocycles. The van der Waals surface area contributed by atoms with E-state index in [2.05, 4.69) is 46.8 Å². The largest absolute Gasteiger partial charge is 0.257 e. The Hall–Kier alpha value is -0.760. The van der Waals surface area contributed by atoms with E-state index in [-0.39, 0.29) is 4.75 Å². The van der Waals surface area contributed by atoms with Crippen LogP contribution in [-0.4, -0.2) is 10.5 Å². The zero-order valence-electron chi connectivity index (χ0n) is 10.7. The van der Waals surface area contributed by atoms with Gasteiger partial charge in [0.05, 0.1) is 5.69 Å². The summed E-state index contributed by atoms with van der Waals surface area (Å²) in [5, 5.41) is 0. The number of rotatable bonds is 0. The third-order valence-corrected chi connectivity index (χ3v) is 4.44. The van der Waals surface area contributed by atoms with Crippen molar-refractivity contribution in [2.75, 3.05) is 0 Å². The molecule has 0 unspecified atom stereocenters. The molecule has 0 atom stereocenters. The highest BCUT2D eigenvalue weighted by Crippen LogP contribution is 2.45. The molecule has 1 aromatic rings. The van der Waals surface area contributed by atoms with Crippen LogP contribution in [0.15, 0.2) is 22.0 Å². The lowest BCUT2D eigenvalue weighted by molar-refractivity contribution is 0.748. The molecule has 0 amide bonds. The molecule has 0 radical (unpaired) electrons. The summed E-state index contributed by atoms with van der Waals surface area (Å²) in [5.41, 5.74) is 5.13. The van der Waals surface area contributed by atoms with E-state index in [0.717, 1.165) is 12.1 Å².